The third kappa shape index (κ3) is 3.06. The predicted octanol–water partition coefficient (Wildman–Crippen LogP) is 2.15. The fraction of sp³-hybridized carbons (Fsp3) is 0.833. The first-order valence-electron chi connectivity index (χ1n) is 9.46. The Kier molecular flexibility index (Phi) is 4.69. The largest absolute Gasteiger partial charge is 0.381 e. The second-order valence-corrected chi connectivity index (χ2v) is 7.37. The van der Waals surface area contributed by atoms with E-state index in [1.165, 1.54) is 63.3 Å². The van der Waals surface area contributed by atoms with Crippen LogP contribution in [0.3, 0.4) is 0 Å². The van der Waals surface area contributed by atoms with E-state index in [0.717, 1.165) is 39.0 Å². The molecule has 128 valence electrons. The molecule has 3 aliphatic rings. The topological polar surface area (TPSA) is 44.4 Å². The number of H-pyrrole nitrogens is 1. The number of nitrogens with one attached hydrogen (secondary N) is 1. The number of aromatic nitrogens is 2. The number of nitrogens with zero attached hydrogens (tertiary/aromatic N) is 3. The number of fused-ring (bicyclic) bond motifs is 2. The van der Waals surface area contributed by atoms with Crippen molar-refractivity contribution >= 4 is 0 Å². The minimum atomic E-state index is 0.133. The zero-order valence-electron chi connectivity index (χ0n) is 14.2. The molecule has 1 aromatic rings. The SMILES string of the molecule is c1nc2c([nH]1)CCN(CCCN1CCCCC1)C21CCOCC1. The van der Waals surface area contributed by atoms with Crippen LogP contribution in [0.1, 0.15) is 49.9 Å². The Balaban J connectivity index is 1.42. The highest BCUT2D eigenvalue weighted by molar-refractivity contribution is 5.26. The van der Waals surface area contributed by atoms with Gasteiger partial charge in [0, 0.05) is 38.4 Å². The molecule has 0 aromatic carbocycles. The first-order valence-corrected chi connectivity index (χ1v) is 9.46. The van der Waals surface area contributed by atoms with Gasteiger partial charge in [-0.1, -0.05) is 6.42 Å². The Morgan fingerprint density at radius 1 is 1.09 bits per heavy atom. The van der Waals surface area contributed by atoms with Crippen LogP contribution in [0.2, 0.25) is 0 Å². The van der Waals surface area contributed by atoms with E-state index in [2.05, 4.69) is 14.8 Å². The van der Waals surface area contributed by atoms with Gasteiger partial charge in [0.25, 0.3) is 0 Å². The molecule has 4 heterocycles. The van der Waals surface area contributed by atoms with E-state index in [9.17, 15) is 0 Å². The van der Waals surface area contributed by atoms with Gasteiger partial charge in [-0.3, -0.25) is 4.90 Å². The lowest BCUT2D eigenvalue weighted by Gasteiger charge is -2.48. The van der Waals surface area contributed by atoms with Crippen LogP contribution in [-0.2, 0) is 16.7 Å². The van der Waals surface area contributed by atoms with Gasteiger partial charge in [-0.2, -0.15) is 0 Å². The van der Waals surface area contributed by atoms with Gasteiger partial charge >= 0.3 is 0 Å². The summed E-state index contributed by atoms with van der Waals surface area (Å²) in [6, 6.07) is 0. The summed E-state index contributed by atoms with van der Waals surface area (Å²) < 4.78 is 5.66. The Bertz CT molecular complexity index is 503. The molecule has 0 aliphatic carbocycles. The molecule has 1 spiro atoms. The van der Waals surface area contributed by atoms with Crippen LogP contribution in [0.4, 0.5) is 0 Å². The molecule has 0 saturated carbocycles. The lowest BCUT2D eigenvalue weighted by Crippen LogP contribution is -2.54. The summed E-state index contributed by atoms with van der Waals surface area (Å²) in [5, 5.41) is 0. The standard InChI is InChI=1S/C18H30N4O/c1-2-8-21(9-3-1)10-4-11-22-12-5-16-17(20-15-19-16)18(22)6-13-23-14-7-18/h15H,1-14H2,(H,19,20). The van der Waals surface area contributed by atoms with Crippen LogP contribution in [-0.4, -0.2) is 65.7 Å². The van der Waals surface area contributed by atoms with Crippen molar-refractivity contribution in [3.63, 3.8) is 0 Å². The minimum absolute atomic E-state index is 0.133. The Hall–Kier alpha value is -0.910. The van der Waals surface area contributed by atoms with E-state index < -0.39 is 0 Å². The summed E-state index contributed by atoms with van der Waals surface area (Å²) in [6.45, 7) is 7.98. The zero-order chi connectivity index (χ0) is 15.5. The molecule has 0 radical (unpaired) electrons. The molecule has 5 nitrogen and oxygen atoms in total. The van der Waals surface area contributed by atoms with Crippen LogP contribution >= 0.6 is 0 Å². The lowest BCUT2D eigenvalue weighted by atomic mass is 9.80. The first-order chi connectivity index (χ1) is 11.4. The molecule has 2 fully saturated rings. The summed E-state index contributed by atoms with van der Waals surface area (Å²) in [5.41, 5.74) is 2.80. The summed E-state index contributed by atoms with van der Waals surface area (Å²) in [7, 11) is 0. The van der Waals surface area contributed by atoms with Gasteiger partial charge in [0.2, 0.25) is 0 Å². The molecular weight excluding hydrogens is 288 g/mol. The maximum atomic E-state index is 5.66. The Labute approximate surface area is 139 Å². The average Bonchev–Trinajstić information content (AvgIpc) is 3.09. The molecule has 1 N–H and O–H groups in total. The Morgan fingerprint density at radius 2 is 1.91 bits per heavy atom. The molecule has 0 amide bonds. The van der Waals surface area contributed by atoms with Gasteiger partial charge in [-0.15, -0.1) is 0 Å². The zero-order valence-corrected chi connectivity index (χ0v) is 14.2. The molecule has 0 bridgehead atoms. The highest BCUT2D eigenvalue weighted by atomic mass is 16.5. The van der Waals surface area contributed by atoms with Crippen molar-refractivity contribution < 1.29 is 4.74 Å². The fourth-order valence-corrected chi connectivity index (χ4v) is 4.78. The summed E-state index contributed by atoms with van der Waals surface area (Å²) >= 11 is 0. The number of imidazole rings is 1. The second-order valence-electron chi connectivity index (χ2n) is 7.37. The van der Waals surface area contributed by atoms with Gasteiger partial charge in [-0.05, 0) is 51.7 Å². The van der Waals surface area contributed by atoms with Gasteiger partial charge in [0.05, 0.1) is 17.6 Å². The number of ether oxygens (including phenoxy) is 1. The van der Waals surface area contributed by atoms with Crippen LogP contribution in [0.25, 0.3) is 0 Å². The van der Waals surface area contributed by atoms with Crippen molar-refractivity contribution in [1.29, 1.82) is 0 Å². The summed E-state index contributed by atoms with van der Waals surface area (Å²) in [4.78, 5) is 13.5. The van der Waals surface area contributed by atoms with E-state index in [1.807, 2.05) is 6.33 Å². The predicted molar refractivity (Wildman–Crippen MR) is 90.5 cm³/mol. The van der Waals surface area contributed by atoms with Crippen molar-refractivity contribution in [1.82, 2.24) is 19.8 Å². The summed E-state index contributed by atoms with van der Waals surface area (Å²) in [6.07, 6.45) is 10.7. The smallest absolute Gasteiger partial charge is 0.0926 e. The average molecular weight is 318 g/mol. The first kappa shape index (κ1) is 15.6. The van der Waals surface area contributed by atoms with Gasteiger partial charge in [0.1, 0.15) is 0 Å². The van der Waals surface area contributed by atoms with Crippen LogP contribution in [0.5, 0.6) is 0 Å². The van der Waals surface area contributed by atoms with E-state index in [4.69, 9.17) is 9.72 Å². The summed E-state index contributed by atoms with van der Waals surface area (Å²) in [5.74, 6) is 0. The third-order valence-corrected chi connectivity index (χ3v) is 6.07. The van der Waals surface area contributed by atoms with E-state index >= 15 is 0 Å². The van der Waals surface area contributed by atoms with E-state index in [-0.39, 0.29) is 5.54 Å². The number of hydrogen-bond acceptors (Lipinski definition) is 4. The maximum absolute atomic E-state index is 5.66. The molecule has 0 unspecified atom stereocenters. The van der Waals surface area contributed by atoms with Crippen molar-refractivity contribution in [3.8, 4) is 0 Å². The molecule has 2 saturated heterocycles. The molecule has 5 heteroatoms. The Morgan fingerprint density at radius 3 is 2.74 bits per heavy atom. The number of hydrogen-bond donors (Lipinski definition) is 1. The van der Waals surface area contributed by atoms with E-state index in [1.54, 1.807) is 0 Å². The van der Waals surface area contributed by atoms with Gasteiger partial charge < -0.3 is 14.6 Å². The number of rotatable bonds is 4. The van der Waals surface area contributed by atoms with Crippen molar-refractivity contribution in [3.05, 3.63) is 17.7 Å². The quantitative estimate of drug-likeness (QED) is 0.924. The second kappa shape index (κ2) is 6.91. The number of aromatic amines is 1. The van der Waals surface area contributed by atoms with Crippen LogP contribution < -0.4 is 0 Å². The molecular formula is C18H30N4O. The normalized spacial score (nSPS) is 25.6. The fourth-order valence-electron chi connectivity index (χ4n) is 4.78. The van der Waals surface area contributed by atoms with Crippen molar-refractivity contribution in [2.45, 2.75) is 50.5 Å². The van der Waals surface area contributed by atoms with Gasteiger partial charge in [0.15, 0.2) is 0 Å². The number of likely N-dealkylation sites (tertiary alicyclic amines) is 1. The lowest BCUT2D eigenvalue weighted by molar-refractivity contribution is -0.0420. The van der Waals surface area contributed by atoms with Crippen molar-refractivity contribution in [2.75, 3.05) is 45.9 Å². The third-order valence-electron chi connectivity index (χ3n) is 6.07. The van der Waals surface area contributed by atoms with Crippen LogP contribution in [0.15, 0.2) is 6.33 Å². The molecule has 23 heavy (non-hydrogen) atoms. The molecule has 0 atom stereocenters. The van der Waals surface area contributed by atoms with E-state index in [0.29, 0.717) is 0 Å². The minimum Gasteiger partial charge on any atom is -0.381 e. The molecule has 1 aromatic heterocycles. The number of piperidine rings is 1. The molecule has 4 rings (SSSR count). The van der Waals surface area contributed by atoms with Gasteiger partial charge in [-0.25, -0.2) is 4.98 Å². The van der Waals surface area contributed by atoms with Crippen molar-refractivity contribution in [2.24, 2.45) is 0 Å². The highest BCUT2D eigenvalue weighted by Crippen LogP contribution is 2.41. The van der Waals surface area contributed by atoms with Crippen LogP contribution in [0, 0.1) is 0 Å². The highest BCUT2D eigenvalue weighted by Gasteiger charge is 2.45. The maximum Gasteiger partial charge on any atom is 0.0926 e. The monoisotopic (exact) mass is 318 g/mol. The molecule has 3 aliphatic heterocycles.